The summed E-state index contributed by atoms with van der Waals surface area (Å²) in [6, 6.07) is 7.85. The Hall–Kier alpha value is -0.810. The summed E-state index contributed by atoms with van der Waals surface area (Å²) in [5.74, 6) is 0.125. The predicted molar refractivity (Wildman–Crippen MR) is 78.5 cm³/mol. The summed E-state index contributed by atoms with van der Waals surface area (Å²) < 4.78 is 19.6. The maximum atomic E-state index is 13.5. The van der Waals surface area contributed by atoms with Crippen molar-refractivity contribution in [3.63, 3.8) is 0 Å². The van der Waals surface area contributed by atoms with Gasteiger partial charge >= 0.3 is 0 Å². The Morgan fingerprint density at radius 1 is 1.21 bits per heavy atom. The molecule has 0 spiro atoms. The van der Waals surface area contributed by atoms with Crippen LogP contribution in [0.1, 0.15) is 5.56 Å². The maximum absolute atomic E-state index is 13.5. The summed E-state index contributed by atoms with van der Waals surface area (Å²) in [5.41, 5.74) is 6.35. The quantitative estimate of drug-likeness (QED) is 0.764. The molecule has 0 aliphatic carbocycles. The van der Waals surface area contributed by atoms with Crippen molar-refractivity contribution in [2.24, 2.45) is 5.73 Å². The molecule has 0 aliphatic rings. The molecular formula is C13H9BrCl2FNO. The molecule has 0 unspecified atom stereocenters. The van der Waals surface area contributed by atoms with Crippen LogP contribution in [0, 0.1) is 5.82 Å². The van der Waals surface area contributed by atoms with Gasteiger partial charge in [-0.1, -0.05) is 35.3 Å². The van der Waals surface area contributed by atoms with Gasteiger partial charge in [0.2, 0.25) is 0 Å². The van der Waals surface area contributed by atoms with Crippen LogP contribution < -0.4 is 10.5 Å². The molecule has 0 atom stereocenters. The van der Waals surface area contributed by atoms with Crippen LogP contribution >= 0.6 is 39.1 Å². The molecule has 2 aromatic rings. The first-order valence-corrected chi connectivity index (χ1v) is 6.87. The normalized spacial score (nSPS) is 10.6. The summed E-state index contributed by atoms with van der Waals surface area (Å²) in [4.78, 5) is 0. The zero-order valence-electron chi connectivity index (χ0n) is 9.59. The second-order valence-corrected chi connectivity index (χ2v) is 5.40. The highest BCUT2D eigenvalue weighted by molar-refractivity contribution is 9.10. The Bertz CT molecular complexity index is 622. The zero-order chi connectivity index (χ0) is 14.0. The number of hydrogen-bond acceptors (Lipinski definition) is 2. The van der Waals surface area contributed by atoms with E-state index in [0.717, 1.165) is 5.56 Å². The van der Waals surface area contributed by atoms with Crippen molar-refractivity contribution >= 4 is 39.1 Å². The second-order valence-electron chi connectivity index (χ2n) is 3.73. The first-order valence-electron chi connectivity index (χ1n) is 5.32. The van der Waals surface area contributed by atoms with Crippen molar-refractivity contribution in [3.8, 4) is 11.5 Å². The Morgan fingerprint density at radius 2 is 1.95 bits per heavy atom. The lowest BCUT2D eigenvalue weighted by Gasteiger charge is -2.13. The van der Waals surface area contributed by atoms with E-state index in [1.807, 2.05) is 0 Å². The summed E-state index contributed by atoms with van der Waals surface area (Å²) in [6.07, 6.45) is 0. The largest absolute Gasteiger partial charge is 0.454 e. The van der Waals surface area contributed by atoms with Gasteiger partial charge < -0.3 is 10.5 Å². The van der Waals surface area contributed by atoms with Gasteiger partial charge in [-0.15, -0.1) is 0 Å². The van der Waals surface area contributed by atoms with Gasteiger partial charge in [0.05, 0.1) is 14.5 Å². The lowest BCUT2D eigenvalue weighted by atomic mass is 10.2. The van der Waals surface area contributed by atoms with Gasteiger partial charge in [0, 0.05) is 18.2 Å². The fourth-order valence-corrected chi connectivity index (χ4v) is 2.47. The van der Waals surface area contributed by atoms with Crippen molar-refractivity contribution in [2.45, 2.75) is 6.54 Å². The standard InChI is InChI=1S/C13H9BrCl2FNO/c14-8-4-10(16)11(17)5-12(8)19-13-7(6-18)2-1-3-9(13)15/h1-5H,6,18H2. The lowest BCUT2D eigenvalue weighted by Crippen LogP contribution is -2.00. The smallest absolute Gasteiger partial charge is 0.150 e. The predicted octanol–water partition coefficient (Wildman–Crippen LogP) is 5.15. The van der Waals surface area contributed by atoms with Crippen LogP contribution in [0.25, 0.3) is 0 Å². The molecule has 0 fully saturated rings. The SMILES string of the molecule is NCc1cccc(Cl)c1Oc1cc(F)c(Cl)cc1Br. The average molecular weight is 365 g/mol. The monoisotopic (exact) mass is 363 g/mol. The minimum absolute atomic E-state index is 0.0115. The molecule has 0 aromatic heterocycles. The van der Waals surface area contributed by atoms with E-state index >= 15 is 0 Å². The molecule has 0 saturated heterocycles. The molecule has 0 amide bonds. The second kappa shape index (κ2) is 6.09. The van der Waals surface area contributed by atoms with E-state index < -0.39 is 5.82 Å². The van der Waals surface area contributed by atoms with Gasteiger partial charge in [0.25, 0.3) is 0 Å². The summed E-state index contributed by atoms with van der Waals surface area (Å²) in [6.45, 7) is 0.267. The molecule has 0 radical (unpaired) electrons. The van der Waals surface area contributed by atoms with E-state index in [1.54, 1.807) is 18.2 Å². The molecule has 19 heavy (non-hydrogen) atoms. The fraction of sp³-hybridized carbons (Fsp3) is 0.0769. The van der Waals surface area contributed by atoms with Crippen LogP contribution in [0.15, 0.2) is 34.8 Å². The van der Waals surface area contributed by atoms with E-state index in [4.69, 9.17) is 33.7 Å². The molecule has 0 aliphatic heterocycles. The van der Waals surface area contributed by atoms with E-state index in [9.17, 15) is 4.39 Å². The molecule has 0 bridgehead atoms. The van der Waals surface area contributed by atoms with Crippen LogP contribution in [0.3, 0.4) is 0 Å². The van der Waals surface area contributed by atoms with Crippen LogP contribution in [-0.4, -0.2) is 0 Å². The van der Waals surface area contributed by atoms with Gasteiger partial charge in [-0.25, -0.2) is 4.39 Å². The third kappa shape index (κ3) is 3.20. The minimum atomic E-state index is -0.568. The average Bonchev–Trinajstić information content (AvgIpc) is 2.38. The third-order valence-electron chi connectivity index (χ3n) is 2.46. The number of ether oxygens (including phenoxy) is 1. The number of nitrogens with two attached hydrogens (primary N) is 1. The highest BCUT2D eigenvalue weighted by Gasteiger charge is 2.13. The van der Waals surface area contributed by atoms with Crippen LogP contribution in [0.5, 0.6) is 11.5 Å². The topological polar surface area (TPSA) is 35.2 Å². The van der Waals surface area contributed by atoms with Gasteiger partial charge in [-0.3, -0.25) is 0 Å². The van der Waals surface area contributed by atoms with Crippen molar-refractivity contribution in [1.82, 2.24) is 0 Å². The van der Waals surface area contributed by atoms with E-state index in [2.05, 4.69) is 15.9 Å². The molecule has 2 rings (SSSR count). The summed E-state index contributed by atoms with van der Waals surface area (Å²) in [7, 11) is 0. The number of para-hydroxylation sites is 1. The van der Waals surface area contributed by atoms with Gasteiger partial charge in [-0.05, 0) is 28.1 Å². The lowest BCUT2D eigenvalue weighted by molar-refractivity contribution is 0.468. The van der Waals surface area contributed by atoms with Crippen molar-refractivity contribution in [3.05, 3.63) is 56.2 Å². The Balaban J connectivity index is 2.44. The molecule has 2 aromatic carbocycles. The molecule has 0 heterocycles. The highest BCUT2D eigenvalue weighted by atomic mass is 79.9. The van der Waals surface area contributed by atoms with Gasteiger partial charge in [-0.2, -0.15) is 0 Å². The first-order chi connectivity index (χ1) is 9.02. The molecular weight excluding hydrogens is 356 g/mol. The molecule has 2 nitrogen and oxygen atoms in total. The van der Waals surface area contributed by atoms with Crippen molar-refractivity contribution in [2.75, 3.05) is 0 Å². The number of rotatable bonds is 3. The Kier molecular flexibility index (Phi) is 4.68. The number of hydrogen-bond donors (Lipinski definition) is 1. The van der Waals surface area contributed by atoms with E-state index in [-0.39, 0.29) is 17.3 Å². The molecule has 6 heteroatoms. The van der Waals surface area contributed by atoms with Gasteiger partial charge in [0.15, 0.2) is 5.75 Å². The molecule has 2 N–H and O–H groups in total. The van der Waals surface area contributed by atoms with E-state index in [0.29, 0.717) is 15.2 Å². The summed E-state index contributed by atoms with van der Waals surface area (Å²) >= 11 is 15.0. The molecule has 100 valence electrons. The van der Waals surface area contributed by atoms with Gasteiger partial charge in [0.1, 0.15) is 11.6 Å². The maximum Gasteiger partial charge on any atom is 0.150 e. The fourth-order valence-electron chi connectivity index (χ4n) is 1.52. The highest BCUT2D eigenvalue weighted by Crippen LogP contribution is 2.38. The van der Waals surface area contributed by atoms with Crippen LogP contribution in [0.2, 0.25) is 10.0 Å². The van der Waals surface area contributed by atoms with Crippen molar-refractivity contribution < 1.29 is 9.13 Å². The van der Waals surface area contributed by atoms with E-state index in [1.165, 1.54) is 12.1 Å². The number of halogens is 4. The van der Waals surface area contributed by atoms with Crippen LogP contribution in [0.4, 0.5) is 4.39 Å². The third-order valence-corrected chi connectivity index (χ3v) is 3.66. The molecule has 0 saturated carbocycles. The Labute approximate surface area is 128 Å². The Morgan fingerprint density at radius 3 is 2.63 bits per heavy atom. The minimum Gasteiger partial charge on any atom is -0.454 e. The van der Waals surface area contributed by atoms with Crippen molar-refractivity contribution in [1.29, 1.82) is 0 Å². The summed E-state index contributed by atoms with van der Waals surface area (Å²) in [5, 5.41) is 0.419. The van der Waals surface area contributed by atoms with Crippen LogP contribution in [-0.2, 0) is 6.54 Å². The number of benzene rings is 2. The first kappa shape index (κ1) is 14.6. The zero-order valence-corrected chi connectivity index (χ0v) is 12.7.